The second kappa shape index (κ2) is 7.10. The summed E-state index contributed by atoms with van der Waals surface area (Å²) in [6.07, 6.45) is 0. The van der Waals surface area contributed by atoms with Crippen LogP contribution < -0.4 is 4.72 Å². The normalized spacial score (nSPS) is 21.2. The van der Waals surface area contributed by atoms with Crippen molar-refractivity contribution in [3.05, 3.63) is 17.5 Å². The van der Waals surface area contributed by atoms with Crippen molar-refractivity contribution in [1.82, 2.24) is 9.62 Å². The summed E-state index contributed by atoms with van der Waals surface area (Å²) < 4.78 is 26.8. The Balaban J connectivity index is 2.05. The Morgan fingerprint density at radius 1 is 1.62 bits per heavy atom. The third-order valence-electron chi connectivity index (χ3n) is 3.18. The van der Waals surface area contributed by atoms with Gasteiger partial charge in [-0.2, -0.15) is 16.5 Å². The van der Waals surface area contributed by atoms with Gasteiger partial charge in [0.25, 0.3) is 10.0 Å². The lowest BCUT2D eigenvalue weighted by Crippen LogP contribution is -2.54. The van der Waals surface area contributed by atoms with Crippen molar-refractivity contribution >= 4 is 39.0 Å². The summed E-state index contributed by atoms with van der Waals surface area (Å²) in [7, 11) is -3.67. The zero-order chi connectivity index (χ0) is 15.5. The Hall–Kier alpha value is -0.610. The van der Waals surface area contributed by atoms with Crippen LogP contribution in [0.25, 0.3) is 0 Å². The van der Waals surface area contributed by atoms with Gasteiger partial charge in [0.1, 0.15) is 4.21 Å². The van der Waals surface area contributed by atoms with E-state index in [1.807, 2.05) is 0 Å². The minimum atomic E-state index is -3.67. The Kier molecular flexibility index (Phi) is 5.67. The van der Waals surface area contributed by atoms with Crippen molar-refractivity contribution in [3.63, 3.8) is 0 Å². The van der Waals surface area contributed by atoms with E-state index in [2.05, 4.69) is 4.72 Å². The number of thiophene rings is 1. The van der Waals surface area contributed by atoms with Crippen molar-refractivity contribution in [2.75, 3.05) is 24.7 Å². The number of rotatable bonds is 5. The highest BCUT2D eigenvalue weighted by atomic mass is 32.2. The van der Waals surface area contributed by atoms with Gasteiger partial charge >= 0.3 is 0 Å². The van der Waals surface area contributed by atoms with E-state index >= 15 is 0 Å². The maximum absolute atomic E-state index is 12.4. The SMILES string of the molecule is C[C@H](NS(=O)(=O)c1cccs1)C(=O)N1CCSC[C@@H]1CO. The molecule has 2 N–H and O–H groups in total. The largest absolute Gasteiger partial charge is 0.394 e. The van der Waals surface area contributed by atoms with Crippen LogP contribution in [0.15, 0.2) is 21.7 Å². The Morgan fingerprint density at radius 3 is 3.00 bits per heavy atom. The summed E-state index contributed by atoms with van der Waals surface area (Å²) in [6.45, 7) is 1.95. The van der Waals surface area contributed by atoms with Crippen LogP contribution in [0.4, 0.5) is 0 Å². The molecule has 1 aliphatic heterocycles. The summed E-state index contributed by atoms with van der Waals surface area (Å²) in [5.41, 5.74) is 0. The Labute approximate surface area is 132 Å². The van der Waals surface area contributed by atoms with Gasteiger partial charge in [-0.25, -0.2) is 8.42 Å². The van der Waals surface area contributed by atoms with E-state index in [4.69, 9.17) is 0 Å². The number of thioether (sulfide) groups is 1. The fraction of sp³-hybridized carbons (Fsp3) is 0.583. The summed E-state index contributed by atoms with van der Waals surface area (Å²) in [5.74, 6) is 1.17. The first-order valence-electron chi connectivity index (χ1n) is 6.50. The van der Waals surface area contributed by atoms with Crippen LogP contribution in [-0.2, 0) is 14.8 Å². The molecule has 0 spiro atoms. The summed E-state index contributed by atoms with van der Waals surface area (Å²) >= 11 is 2.79. The topological polar surface area (TPSA) is 86.7 Å². The molecule has 6 nitrogen and oxygen atoms in total. The summed E-state index contributed by atoms with van der Waals surface area (Å²) in [4.78, 5) is 14.0. The summed E-state index contributed by atoms with van der Waals surface area (Å²) in [5, 5.41) is 11.0. The molecular weight excluding hydrogens is 332 g/mol. The van der Waals surface area contributed by atoms with E-state index in [1.165, 1.54) is 13.0 Å². The molecule has 1 aliphatic rings. The highest BCUT2D eigenvalue weighted by molar-refractivity contribution is 7.99. The van der Waals surface area contributed by atoms with Gasteiger partial charge in [-0.15, -0.1) is 11.3 Å². The molecule has 1 saturated heterocycles. The van der Waals surface area contributed by atoms with Crippen LogP contribution in [0.2, 0.25) is 0 Å². The van der Waals surface area contributed by atoms with E-state index in [0.717, 1.165) is 17.1 Å². The van der Waals surface area contributed by atoms with E-state index in [9.17, 15) is 18.3 Å². The predicted molar refractivity (Wildman–Crippen MR) is 84.0 cm³/mol. The first-order valence-corrected chi connectivity index (χ1v) is 10.0. The van der Waals surface area contributed by atoms with Gasteiger partial charge in [0.05, 0.1) is 18.7 Å². The van der Waals surface area contributed by atoms with Gasteiger partial charge in [0.15, 0.2) is 0 Å². The number of nitrogens with one attached hydrogen (secondary N) is 1. The molecule has 2 heterocycles. The van der Waals surface area contributed by atoms with E-state index in [1.54, 1.807) is 28.1 Å². The molecule has 1 aromatic heterocycles. The molecule has 2 rings (SSSR count). The standard InChI is InChI=1S/C12H18N2O4S3/c1-9(13-21(17,18)11-3-2-5-20-11)12(16)14-4-6-19-8-10(14)7-15/h2-3,5,9-10,13,15H,4,6-8H2,1H3/t9-,10-/m0/s1. The van der Waals surface area contributed by atoms with Gasteiger partial charge in [-0.3, -0.25) is 4.79 Å². The van der Waals surface area contributed by atoms with Crippen molar-refractivity contribution in [1.29, 1.82) is 0 Å². The number of hydrogen-bond acceptors (Lipinski definition) is 6. The quantitative estimate of drug-likeness (QED) is 0.800. The van der Waals surface area contributed by atoms with Gasteiger partial charge < -0.3 is 10.0 Å². The zero-order valence-electron chi connectivity index (χ0n) is 11.6. The third-order valence-corrected chi connectivity index (χ3v) is 7.21. The Morgan fingerprint density at radius 2 is 2.38 bits per heavy atom. The average molecular weight is 350 g/mol. The number of carbonyl (C=O) groups is 1. The molecule has 0 radical (unpaired) electrons. The van der Waals surface area contributed by atoms with Gasteiger partial charge in [-0.05, 0) is 18.4 Å². The second-order valence-corrected chi connectivity index (χ2v) is 8.76. The maximum Gasteiger partial charge on any atom is 0.250 e. The van der Waals surface area contributed by atoms with Crippen LogP contribution in [0.5, 0.6) is 0 Å². The highest BCUT2D eigenvalue weighted by Gasteiger charge is 2.31. The number of hydrogen-bond donors (Lipinski definition) is 2. The van der Waals surface area contributed by atoms with Crippen LogP contribution in [0.1, 0.15) is 6.92 Å². The van der Waals surface area contributed by atoms with Crippen LogP contribution in [-0.4, -0.2) is 61.1 Å². The fourth-order valence-corrected chi connectivity index (χ4v) is 5.36. The van der Waals surface area contributed by atoms with Crippen molar-refractivity contribution in [2.24, 2.45) is 0 Å². The number of amides is 1. The number of aliphatic hydroxyl groups excluding tert-OH is 1. The first-order chi connectivity index (χ1) is 9.95. The molecule has 1 fully saturated rings. The monoisotopic (exact) mass is 350 g/mol. The third kappa shape index (κ3) is 3.98. The molecule has 0 saturated carbocycles. The molecule has 2 atom stereocenters. The van der Waals surface area contributed by atoms with E-state index < -0.39 is 16.1 Å². The number of nitrogens with zero attached hydrogens (tertiary/aromatic N) is 1. The number of aliphatic hydroxyl groups is 1. The van der Waals surface area contributed by atoms with Crippen molar-refractivity contribution < 1.29 is 18.3 Å². The molecular formula is C12H18N2O4S3. The van der Waals surface area contributed by atoms with Crippen LogP contribution >= 0.6 is 23.1 Å². The smallest absolute Gasteiger partial charge is 0.250 e. The second-order valence-electron chi connectivity index (χ2n) is 4.72. The number of sulfonamides is 1. The predicted octanol–water partition coefficient (Wildman–Crippen LogP) is 0.351. The fourth-order valence-electron chi connectivity index (χ4n) is 2.10. The maximum atomic E-state index is 12.4. The van der Waals surface area contributed by atoms with Crippen LogP contribution in [0, 0.1) is 0 Å². The van der Waals surface area contributed by atoms with Gasteiger partial charge in [0, 0.05) is 18.1 Å². The van der Waals surface area contributed by atoms with E-state index in [-0.39, 0.29) is 22.8 Å². The molecule has 1 amide bonds. The van der Waals surface area contributed by atoms with Crippen molar-refractivity contribution in [2.45, 2.75) is 23.2 Å². The Bertz CT molecular complexity index is 573. The molecule has 21 heavy (non-hydrogen) atoms. The van der Waals surface area contributed by atoms with Gasteiger partial charge in [0.2, 0.25) is 5.91 Å². The lowest BCUT2D eigenvalue weighted by molar-refractivity contribution is -0.135. The number of carbonyl (C=O) groups excluding carboxylic acids is 1. The molecule has 0 aromatic carbocycles. The molecule has 0 bridgehead atoms. The highest BCUT2D eigenvalue weighted by Crippen LogP contribution is 2.19. The van der Waals surface area contributed by atoms with Crippen LogP contribution in [0.3, 0.4) is 0 Å². The lowest BCUT2D eigenvalue weighted by Gasteiger charge is -2.35. The van der Waals surface area contributed by atoms with Crippen molar-refractivity contribution in [3.8, 4) is 0 Å². The molecule has 118 valence electrons. The minimum absolute atomic E-state index is 0.108. The molecule has 0 unspecified atom stereocenters. The van der Waals surface area contributed by atoms with E-state index in [0.29, 0.717) is 12.3 Å². The molecule has 9 heteroatoms. The first kappa shape index (κ1) is 16.8. The lowest BCUT2D eigenvalue weighted by atomic mass is 10.2. The molecule has 0 aliphatic carbocycles. The molecule has 1 aromatic rings. The van der Waals surface area contributed by atoms with Gasteiger partial charge in [-0.1, -0.05) is 6.07 Å². The summed E-state index contributed by atoms with van der Waals surface area (Å²) in [6, 6.07) is 2.05. The zero-order valence-corrected chi connectivity index (χ0v) is 14.0. The minimum Gasteiger partial charge on any atom is -0.394 e. The average Bonchev–Trinajstić information content (AvgIpc) is 3.01.